The monoisotopic (exact) mass is 603 g/mol. The molecule has 41 heavy (non-hydrogen) atoms. The van der Waals surface area contributed by atoms with Crippen molar-refractivity contribution >= 4 is 40.8 Å². The van der Waals surface area contributed by atoms with Gasteiger partial charge in [0.05, 0.1) is 35.4 Å². The molecule has 3 N–H and O–H groups in total. The number of carbonyl (C=O) groups excluding carboxylic acids is 1. The number of amides is 1. The fourth-order valence-corrected chi connectivity index (χ4v) is 4.76. The van der Waals surface area contributed by atoms with Crippen LogP contribution in [0.15, 0.2) is 54.6 Å². The van der Waals surface area contributed by atoms with E-state index in [9.17, 15) is 20.0 Å². The zero-order valence-corrected chi connectivity index (χ0v) is 24.3. The average Bonchev–Trinajstić information content (AvgIpc) is 2.89. The minimum absolute atomic E-state index is 0.0504. The quantitative estimate of drug-likeness (QED) is 0.223. The minimum atomic E-state index is -1.43. The van der Waals surface area contributed by atoms with Crippen molar-refractivity contribution in [3.8, 4) is 11.8 Å². The molecule has 0 aliphatic rings. The molecule has 7 nitrogen and oxygen atoms in total. The second-order valence-electron chi connectivity index (χ2n) is 10.6. The highest BCUT2D eigenvalue weighted by atomic mass is 35.5. The van der Waals surface area contributed by atoms with Crippen LogP contribution in [0.2, 0.25) is 10.0 Å². The lowest BCUT2D eigenvalue weighted by Crippen LogP contribution is -2.47. The van der Waals surface area contributed by atoms with E-state index in [2.05, 4.69) is 10.6 Å². The van der Waals surface area contributed by atoms with Crippen molar-refractivity contribution in [2.75, 3.05) is 12.4 Å². The second kappa shape index (κ2) is 13.3. The number of aromatic carboxylic acids is 1. The van der Waals surface area contributed by atoms with Crippen molar-refractivity contribution in [1.82, 2.24) is 5.32 Å². The lowest BCUT2D eigenvalue weighted by Gasteiger charge is -2.32. The summed E-state index contributed by atoms with van der Waals surface area (Å²) in [6.45, 7) is 5.79. The molecule has 11 heteroatoms. The molecule has 1 amide bonds. The highest BCUT2D eigenvalue weighted by Gasteiger charge is 2.36. The van der Waals surface area contributed by atoms with Crippen molar-refractivity contribution < 1.29 is 28.2 Å². The van der Waals surface area contributed by atoms with Crippen LogP contribution < -0.4 is 15.4 Å². The average molecular weight is 604 g/mol. The molecule has 0 fully saturated rings. The fraction of sp³-hybridized carbons (Fsp3) is 0.300. The molecule has 0 aromatic heterocycles. The molecule has 3 aromatic carbocycles. The van der Waals surface area contributed by atoms with E-state index in [-0.39, 0.29) is 43.6 Å². The number of carboxylic acid groups (broad SMARTS) is 1. The van der Waals surface area contributed by atoms with Gasteiger partial charge in [-0.1, -0.05) is 62.2 Å². The number of carboxylic acids is 1. The first-order valence-electron chi connectivity index (χ1n) is 12.5. The van der Waals surface area contributed by atoms with E-state index in [4.69, 9.17) is 27.9 Å². The van der Waals surface area contributed by atoms with Gasteiger partial charge in [-0.3, -0.25) is 10.1 Å². The molecule has 3 aromatic rings. The smallest absolute Gasteiger partial charge is 0.335 e. The molecule has 3 atom stereocenters. The Kier molecular flexibility index (Phi) is 10.3. The van der Waals surface area contributed by atoms with Crippen LogP contribution in [0.5, 0.6) is 5.75 Å². The van der Waals surface area contributed by atoms with Crippen molar-refractivity contribution in [1.29, 1.82) is 5.26 Å². The highest BCUT2D eigenvalue weighted by molar-refractivity contribution is 6.31. The van der Waals surface area contributed by atoms with Gasteiger partial charge in [0, 0.05) is 22.2 Å². The lowest BCUT2D eigenvalue weighted by molar-refractivity contribution is -0.118. The highest BCUT2D eigenvalue weighted by Crippen LogP contribution is 2.35. The molecule has 0 radical (unpaired) electrons. The van der Waals surface area contributed by atoms with E-state index in [1.165, 1.54) is 55.6 Å². The summed E-state index contributed by atoms with van der Waals surface area (Å²) in [5.41, 5.74) is -0.262. The molecule has 0 aliphatic heterocycles. The topological polar surface area (TPSA) is 111 Å². The molecule has 216 valence electrons. The van der Waals surface area contributed by atoms with E-state index in [0.717, 1.165) is 6.07 Å². The first kappa shape index (κ1) is 31.8. The molecule has 0 aliphatic carbocycles. The zero-order chi connectivity index (χ0) is 30.5. The van der Waals surface area contributed by atoms with E-state index in [0.29, 0.717) is 6.42 Å². The number of nitrogens with zero attached hydrogens (tertiary/aromatic N) is 1. The van der Waals surface area contributed by atoms with Crippen LogP contribution in [-0.2, 0) is 4.79 Å². The molecule has 0 unspecified atom stereocenters. The van der Waals surface area contributed by atoms with Crippen LogP contribution in [0.25, 0.3) is 0 Å². The number of hydrogen-bond donors (Lipinski definition) is 3. The van der Waals surface area contributed by atoms with Crippen LogP contribution in [-0.4, -0.2) is 30.1 Å². The van der Waals surface area contributed by atoms with Gasteiger partial charge in [0.25, 0.3) is 0 Å². The first-order chi connectivity index (χ1) is 19.2. The van der Waals surface area contributed by atoms with Crippen molar-refractivity contribution in [2.24, 2.45) is 5.41 Å². The Balaban J connectivity index is 2.14. The maximum Gasteiger partial charge on any atom is 0.335 e. The number of halogens is 4. The summed E-state index contributed by atoms with van der Waals surface area (Å²) < 4.78 is 35.6. The maximum absolute atomic E-state index is 15.2. The van der Waals surface area contributed by atoms with Crippen LogP contribution >= 0.6 is 23.2 Å². The van der Waals surface area contributed by atoms with Gasteiger partial charge in [-0.15, -0.1) is 0 Å². The number of ether oxygens (including phenoxy) is 1. The molecule has 0 saturated carbocycles. The van der Waals surface area contributed by atoms with Gasteiger partial charge in [0.15, 0.2) is 0 Å². The number of rotatable bonds is 10. The molecule has 3 rings (SSSR count). The Hall–Kier alpha value is -3.71. The van der Waals surface area contributed by atoms with Gasteiger partial charge in [-0.25, -0.2) is 13.6 Å². The summed E-state index contributed by atoms with van der Waals surface area (Å²) in [5.74, 6) is -4.81. The van der Waals surface area contributed by atoms with Gasteiger partial charge >= 0.3 is 5.97 Å². The Bertz CT molecular complexity index is 1490. The van der Waals surface area contributed by atoms with Crippen molar-refractivity contribution in [2.45, 2.75) is 45.2 Å². The predicted octanol–water partition coefficient (Wildman–Crippen LogP) is 7.36. The Labute approximate surface area is 247 Å². The van der Waals surface area contributed by atoms with Gasteiger partial charge in [0.2, 0.25) is 5.91 Å². The number of anilines is 1. The molecule has 0 bridgehead atoms. The van der Waals surface area contributed by atoms with Gasteiger partial charge < -0.3 is 15.2 Å². The van der Waals surface area contributed by atoms with Crippen molar-refractivity contribution in [3.05, 3.63) is 93.0 Å². The normalized spacial score (nSPS) is 13.5. The van der Waals surface area contributed by atoms with E-state index < -0.39 is 41.5 Å². The summed E-state index contributed by atoms with van der Waals surface area (Å²) in [7, 11) is 1.30. The minimum Gasteiger partial charge on any atom is -0.495 e. The Morgan fingerprint density at radius 3 is 2.37 bits per heavy atom. The summed E-state index contributed by atoms with van der Waals surface area (Å²) in [6.07, 6.45) is 0.322. The lowest BCUT2D eigenvalue weighted by atomic mass is 9.83. The first-order valence-corrected chi connectivity index (χ1v) is 13.3. The van der Waals surface area contributed by atoms with Crippen LogP contribution in [0.4, 0.5) is 14.5 Å². The molecule has 0 saturated heterocycles. The Morgan fingerprint density at radius 1 is 1.07 bits per heavy atom. The molecule has 0 spiro atoms. The largest absolute Gasteiger partial charge is 0.495 e. The number of carbonyl (C=O) groups is 2. The van der Waals surface area contributed by atoms with E-state index >= 15 is 8.78 Å². The third-order valence-corrected chi connectivity index (χ3v) is 6.84. The number of nitrogens with one attached hydrogen (secondary N) is 2. The Morgan fingerprint density at radius 2 is 1.78 bits per heavy atom. The summed E-state index contributed by atoms with van der Waals surface area (Å²) >= 11 is 12.0. The zero-order valence-electron chi connectivity index (χ0n) is 22.8. The maximum atomic E-state index is 15.2. The summed E-state index contributed by atoms with van der Waals surface area (Å²) in [6, 6.07) is 11.9. The third-order valence-electron chi connectivity index (χ3n) is 6.31. The number of methoxy groups -OCH3 is 1. The van der Waals surface area contributed by atoms with Crippen LogP contribution in [0, 0.1) is 28.4 Å². The second-order valence-corrected chi connectivity index (χ2v) is 11.4. The van der Waals surface area contributed by atoms with E-state index in [1.54, 1.807) is 0 Å². The SMILES string of the molecule is COc1cc(C(=O)O)ccc1NC(=O)[C@H](N[C@@H](CC(C)(C)C)c1ccc(Cl)cc1F)[C@@H](C#N)c1cccc(Cl)c1F. The number of nitriles is 1. The van der Waals surface area contributed by atoms with Gasteiger partial charge in [-0.05, 0) is 48.2 Å². The van der Waals surface area contributed by atoms with Crippen LogP contribution in [0.1, 0.15) is 60.6 Å². The predicted molar refractivity (Wildman–Crippen MR) is 153 cm³/mol. The van der Waals surface area contributed by atoms with Crippen molar-refractivity contribution in [3.63, 3.8) is 0 Å². The molecular weight excluding hydrogens is 575 g/mol. The molecule has 0 heterocycles. The number of hydrogen-bond acceptors (Lipinski definition) is 5. The standard InChI is InChI=1S/C30H29Cl2F2N3O4/c1-30(2,3)14-24(19-10-9-17(31)13-22(19)33)36-27(20(15-35)18-6-5-7-21(32)26(18)34)28(38)37-23-11-8-16(29(39)40)12-25(23)41-4/h5-13,20,24,27,36H,14H2,1-4H3,(H,37,38)(H,39,40)/t20-,24-,27+/m0/s1. The third kappa shape index (κ3) is 7.94. The van der Waals surface area contributed by atoms with Crippen LogP contribution in [0.3, 0.4) is 0 Å². The number of benzene rings is 3. The van der Waals surface area contributed by atoms with Gasteiger partial charge in [0.1, 0.15) is 23.4 Å². The van der Waals surface area contributed by atoms with Gasteiger partial charge in [-0.2, -0.15) is 5.26 Å². The molecular formula is C30H29Cl2F2N3O4. The summed E-state index contributed by atoms with van der Waals surface area (Å²) in [4.78, 5) is 25.3. The summed E-state index contributed by atoms with van der Waals surface area (Å²) in [5, 5.41) is 25.2. The fourth-order valence-electron chi connectivity index (χ4n) is 4.42. The van der Waals surface area contributed by atoms with E-state index in [1.807, 2.05) is 26.8 Å².